The number of nitrogens with one attached hydrogen (secondary N) is 1. The topological polar surface area (TPSA) is 12.0 Å². The average Bonchev–Trinajstić information content (AvgIpc) is 2.41. The van der Waals surface area contributed by atoms with Gasteiger partial charge in [0.15, 0.2) is 0 Å². The van der Waals surface area contributed by atoms with Crippen LogP contribution in [0.3, 0.4) is 0 Å². The van der Waals surface area contributed by atoms with E-state index < -0.39 is 0 Å². The molecule has 0 bridgehead atoms. The molecule has 106 valence electrons. The maximum absolute atomic E-state index is 13.6. The maximum atomic E-state index is 13.6. The standard InChI is InChI=1S/C18H22FN/c1-13(2)12-15-8-10-16(11-9-15)14(3)20-18-7-5-4-6-17(18)19/h4-11,13-14,20H,12H2,1-3H3. The van der Waals surface area contributed by atoms with Crippen molar-refractivity contribution in [3.63, 3.8) is 0 Å². The molecule has 1 nitrogen and oxygen atoms in total. The second-order valence-electron chi connectivity index (χ2n) is 5.69. The first-order chi connectivity index (χ1) is 9.56. The van der Waals surface area contributed by atoms with Crippen molar-refractivity contribution >= 4 is 5.69 Å². The van der Waals surface area contributed by atoms with Gasteiger partial charge in [-0.05, 0) is 42.5 Å². The van der Waals surface area contributed by atoms with E-state index in [1.807, 2.05) is 13.0 Å². The summed E-state index contributed by atoms with van der Waals surface area (Å²) in [5, 5.41) is 3.21. The molecular formula is C18H22FN. The molecule has 0 amide bonds. The lowest BCUT2D eigenvalue weighted by Gasteiger charge is -2.17. The van der Waals surface area contributed by atoms with Crippen molar-refractivity contribution in [2.24, 2.45) is 5.92 Å². The monoisotopic (exact) mass is 271 g/mol. The van der Waals surface area contributed by atoms with Gasteiger partial charge in [-0.3, -0.25) is 0 Å². The predicted molar refractivity (Wildman–Crippen MR) is 83.4 cm³/mol. The van der Waals surface area contributed by atoms with Crippen LogP contribution in [0.1, 0.15) is 37.9 Å². The van der Waals surface area contributed by atoms with Gasteiger partial charge in [-0.2, -0.15) is 0 Å². The van der Waals surface area contributed by atoms with Crippen molar-refractivity contribution in [2.75, 3.05) is 5.32 Å². The molecule has 0 aliphatic heterocycles. The Labute approximate surface area is 120 Å². The van der Waals surface area contributed by atoms with E-state index in [0.29, 0.717) is 11.6 Å². The van der Waals surface area contributed by atoms with Crippen molar-refractivity contribution < 1.29 is 4.39 Å². The first-order valence-corrected chi connectivity index (χ1v) is 7.16. The maximum Gasteiger partial charge on any atom is 0.146 e. The smallest absolute Gasteiger partial charge is 0.146 e. The van der Waals surface area contributed by atoms with Crippen LogP contribution < -0.4 is 5.32 Å². The number of benzene rings is 2. The highest BCUT2D eigenvalue weighted by molar-refractivity contribution is 5.46. The van der Waals surface area contributed by atoms with Gasteiger partial charge >= 0.3 is 0 Å². The third-order valence-electron chi connectivity index (χ3n) is 3.37. The molecule has 0 saturated heterocycles. The Balaban J connectivity index is 2.06. The highest BCUT2D eigenvalue weighted by atomic mass is 19.1. The minimum absolute atomic E-state index is 0.0833. The Kier molecular flexibility index (Phi) is 4.78. The zero-order valence-corrected chi connectivity index (χ0v) is 12.4. The molecule has 0 aromatic heterocycles. The summed E-state index contributed by atoms with van der Waals surface area (Å²) >= 11 is 0. The highest BCUT2D eigenvalue weighted by Gasteiger charge is 2.08. The van der Waals surface area contributed by atoms with E-state index in [1.165, 1.54) is 17.2 Å². The van der Waals surface area contributed by atoms with Gasteiger partial charge in [-0.15, -0.1) is 0 Å². The van der Waals surface area contributed by atoms with Crippen LogP contribution in [0, 0.1) is 11.7 Å². The Morgan fingerprint density at radius 3 is 2.20 bits per heavy atom. The van der Waals surface area contributed by atoms with E-state index in [2.05, 4.69) is 43.4 Å². The normalized spacial score (nSPS) is 12.4. The van der Waals surface area contributed by atoms with Gasteiger partial charge in [-0.25, -0.2) is 4.39 Å². The zero-order chi connectivity index (χ0) is 14.5. The van der Waals surface area contributed by atoms with Gasteiger partial charge < -0.3 is 5.32 Å². The van der Waals surface area contributed by atoms with Crippen LogP contribution in [0.2, 0.25) is 0 Å². The third kappa shape index (κ3) is 3.83. The SMILES string of the molecule is CC(C)Cc1ccc(C(C)Nc2ccccc2F)cc1. The predicted octanol–water partition coefficient (Wildman–Crippen LogP) is 5.20. The Hall–Kier alpha value is -1.83. The van der Waals surface area contributed by atoms with Crippen molar-refractivity contribution in [1.29, 1.82) is 0 Å². The van der Waals surface area contributed by atoms with Crippen LogP contribution in [0.15, 0.2) is 48.5 Å². The summed E-state index contributed by atoms with van der Waals surface area (Å²) in [6.45, 7) is 6.48. The van der Waals surface area contributed by atoms with Gasteiger partial charge in [0.2, 0.25) is 0 Å². The molecule has 2 heteroatoms. The first-order valence-electron chi connectivity index (χ1n) is 7.16. The van der Waals surface area contributed by atoms with Crippen molar-refractivity contribution in [1.82, 2.24) is 0 Å². The molecule has 2 aromatic rings. The number of para-hydroxylation sites is 1. The Bertz CT molecular complexity index is 546. The fourth-order valence-electron chi connectivity index (χ4n) is 2.31. The van der Waals surface area contributed by atoms with E-state index in [1.54, 1.807) is 12.1 Å². The minimum atomic E-state index is -0.212. The molecular weight excluding hydrogens is 249 g/mol. The summed E-state index contributed by atoms with van der Waals surface area (Å²) in [6, 6.07) is 15.4. The first kappa shape index (κ1) is 14.6. The molecule has 1 unspecified atom stereocenters. The molecule has 1 atom stereocenters. The van der Waals surface area contributed by atoms with E-state index >= 15 is 0 Å². The molecule has 0 aliphatic rings. The molecule has 0 aliphatic carbocycles. The fraction of sp³-hybridized carbons (Fsp3) is 0.333. The van der Waals surface area contributed by atoms with Gasteiger partial charge in [0, 0.05) is 6.04 Å². The number of anilines is 1. The number of hydrogen-bond acceptors (Lipinski definition) is 1. The minimum Gasteiger partial charge on any atom is -0.376 e. The van der Waals surface area contributed by atoms with E-state index in [-0.39, 0.29) is 11.9 Å². The van der Waals surface area contributed by atoms with Crippen LogP contribution in [0.25, 0.3) is 0 Å². The summed E-state index contributed by atoms with van der Waals surface area (Å²) in [7, 11) is 0. The summed E-state index contributed by atoms with van der Waals surface area (Å²) in [5.41, 5.74) is 3.06. The Morgan fingerprint density at radius 1 is 0.950 bits per heavy atom. The highest BCUT2D eigenvalue weighted by Crippen LogP contribution is 2.22. The summed E-state index contributed by atoms with van der Waals surface area (Å²) in [4.78, 5) is 0. The van der Waals surface area contributed by atoms with Gasteiger partial charge in [0.1, 0.15) is 5.82 Å². The fourth-order valence-corrected chi connectivity index (χ4v) is 2.31. The molecule has 2 aromatic carbocycles. The lowest BCUT2D eigenvalue weighted by atomic mass is 10.00. The number of rotatable bonds is 5. The van der Waals surface area contributed by atoms with Crippen molar-refractivity contribution in [2.45, 2.75) is 33.2 Å². The molecule has 0 radical (unpaired) electrons. The average molecular weight is 271 g/mol. The molecule has 0 heterocycles. The van der Waals surface area contributed by atoms with E-state index in [0.717, 1.165) is 6.42 Å². The summed E-state index contributed by atoms with van der Waals surface area (Å²) in [6.07, 6.45) is 1.09. The van der Waals surface area contributed by atoms with Crippen LogP contribution in [0.4, 0.5) is 10.1 Å². The van der Waals surface area contributed by atoms with Gasteiger partial charge in [-0.1, -0.05) is 50.2 Å². The third-order valence-corrected chi connectivity index (χ3v) is 3.37. The lowest BCUT2D eigenvalue weighted by molar-refractivity contribution is 0.627. The molecule has 0 spiro atoms. The second kappa shape index (κ2) is 6.56. The van der Waals surface area contributed by atoms with Gasteiger partial charge in [0.25, 0.3) is 0 Å². The quantitative estimate of drug-likeness (QED) is 0.788. The van der Waals surface area contributed by atoms with Gasteiger partial charge in [0.05, 0.1) is 5.69 Å². The van der Waals surface area contributed by atoms with Crippen LogP contribution in [0.5, 0.6) is 0 Å². The largest absolute Gasteiger partial charge is 0.376 e. The van der Waals surface area contributed by atoms with Crippen LogP contribution in [-0.4, -0.2) is 0 Å². The summed E-state index contributed by atoms with van der Waals surface area (Å²) < 4.78 is 13.6. The second-order valence-corrected chi connectivity index (χ2v) is 5.69. The van der Waals surface area contributed by atoms with E-state index in [9.17, 15) is 4.39 Å². The Morgan fingerprint density at radius 2 is 1.60 bits per heavy atom. The van der Waals surface area contributed by atoms with Crippen LogP contribution in [-0.2, 0) is 6.42 Å². The zero-order valence-electron chi connectivity index (χ0n) is 12.4. The van der Waals surface area contributed by atoms with E-state index in [4.69, 9.17) is 0 Å². The molecule has 20 heavy (non-hydrogen) atoms. The molecule has 2 rings (SSSR count). The number of hydrogen-bond donors (Lipinski definition) is 1. The van der Waals surface area contributed by atoms with Crippen LogP contribution >= 0.6 is 0 Å². The van der Waals surface area contributed by atoms with Crippen molar-refractivity contribution in [3.8, 4) is 0 Å². The van der Waals surface area contributed by atoms with Crippen molar-refractivity contribution in [3.05, 3.63) is 65.5 Å². The molecule has 1 N–H and O–H groups in total. The lowest BCUT2D eigenvalue weighted by Crippen LogP contribution is -2.08. The number of halogens is 1. The summed E-state index contributed by atoms with van der Waals surface area (Å²) in [5.74, 6) is 0.450. The molecule has 0 fully saturated rings. The molecule has 0 saturated carbocycles.